The van der Waals surface area contributed by atoms with Gasteiger partial charge in [-0.15, -0.1) is 0 Å². The second kappa shape index (κ2) is 14.6. The fourth-order valence-corrected chi connectivity index (χ4v) is 4.75. The van der Waals surface area contributed by atoms with Crippen molar-refractivity contribution in [1.29, 1.82) is 0 Å². The first-order valence-corrected chi connectivity index (χ1v) is 12.6. The van der Waals surface area contributed by atoms with Crippen LogP contribution in [0.4, 0.5) is 4.39 Å². The van der Waals surface area contributed by atoms with Crippen LogP contribution >= 0.6 is 0 Å². The number of aliphatic hydroxyl groups is 2. The number of hydrogen-bond acceptors (Lipinski definition) is 4. The third-order valence-corrected chi connectivity index (χ3v) is 6.24. The van der Waals surface area contributed by atoms with Gasteiger partial charge in [0.15, 0.2) is 0 Å². The molecule has 4 N–H and O–H groups in total. The van der Waals surface area contributed by atoms with E-state index in [0.29, 0.717) is 18.7 Å². The third-order valence-electron chi connectivity index (χ3n) is 6.24. The number of benzene rings is 2. The summed E-state index contributed by atoms with van der Waals surface area (Å²) in [5, 5.41) is 32.4. The Morgan fingerprint density at radius 1 is 0.974 bits per heavy atom. The van der Waals surface area contributed by atoms with Crippen LogP contribution in [-0.2, 0) is 11.2 Å². The fourth-order valence-electron chi connectivity index (χ4n) is 4.75. The number of carbonyl (C=O) groups excluding carboxylic acids is 1. The molecule has 9 heteroatoms. The Morgan fingerprint density at radius 3 is 2.13 bits per heavy atom. The summed E-state index contributed by atoms with van der Waals surface area (Å²) in [5.41, 5.74) is 4.36. The Balaban J connectivity index is 0.00000380. The van der Waals surface area contributed by atoms with Gasteiger partial charge in [0.1, 0.15) is 11.5 Å². The molecule has 0 fully saturated rings. The molecule has 1 aromatic heterocycles. The zero-order valence-electron chi connectivity index (χ0n) is 23.4. The van der Waals surface area contributed by atoms with Gasteiger partial charge in [-0.25, -0.2) is 4.39 Å². The smallest absolute Gasteiger partial charge is 1.00 e. The molecule has 3 rings (SSSR count). The molecular formula is C29H36FN2NaO5. The third kappa shape index (κ3) is 7.77. The summed E-state index contributed by atoms with van der Waals surface area (Å²) in [6.45, 7) is 6.24. The number of aromatic nitrogens is 1. The minimum Gasteiger partial charge on any atom is -1.00 e. The molecule has 0 radical (unpaired) electrons. The Kier molecular flexibility index (Phi) is 12.2. The van der Waals surface area contributed by atoms with E-state index in [1.807, 2.05) is 55.7 Å². The molecule has 1 heterocycles. The summed E-state index contributed by atoms with van der Waals surface area (Å²) in [6, 6.07) is 15.5. The molecule has 0 aliphatic rings. The number of carbonyl (C=O) groups is 2. The monoisotopic (exact) mass is 534 g/mol. The van der Waals surface area contributed by atoms with Gasteiger partial charge in [-0.1, -0.05) is 42.5 Å². The number of halogens is 1. The molecular weight excluding hydrogens is 498 g/mol. The Morgan fingerprint density at radius 2 is 1.58 bits per heavy atom. The SMILES string of the molecule is CCNC(=O)c1c(-c2ccccc2)c(-c2ccc(F)cc2)c(CC[C@@H](O)C[C@@H](O)CC(=O)O)n1C(C)C.[H-].[Na+]. The van der Waals surface area contributed by atoms with Crippen molar-refractivity contribution in [1.82, 2.24) is 9.88 Å². The van der Waals surface area contributed by atoms with E-state index in [1.54, 1.807) is 12.1 Å². The van der Waals surface area contributed by atoms with E-state index in [0.717, 1.165) is 27.9 Å². The molecule has 0 saturated heterocycles. The maximum absolute atomic E-state index is 13.9. The molecule has 38 heavy (non-hydrogen) atoms. The van der Waals surface area contributed by atoms with Gasteiger partial charge in [-0.2, -0.15) is 0 Å². The number of aliphatic carboxylic acids is 1. The van der Waals surface area contributed by atoms with Crippen molar-refractivity contribution in [2.24, 2.45) is 0 Å². The molecule has 0 aliphatic heterocycles. The maximum atomic E-state index is 13.9. The maximum Gasteiger partial charge on any atom is 1.00 e. The Hall–Kier alpha value is -2.49. The molecule has 200 valence electrons. The summed E-state index contributed by atoms with van der Waals surface area (Å²) in [7, 11) is 0. The van der Waals surface area contributed by atoms with Crippen molar-refractivity contribution in [2.75, 3.05) is 6.54 Å². The van der Waals surface area contributed by atoms with Crippen molar-refractivity contribution in [3.05, 3.63) is 71.8 Å². The first-order chi connectivity index (χ1) is 17.6. The van der Waals surface area contributed by atoms with Crippen molar-refractivity contribution in [3.63, 3.8) is 0 Å². The first-order valence-electron chi connectivity index (χ1n) is 12.6. The predicted molar refractivity (Wildman–Crippen MR) is 142 cm³/mol. The molecule has 0 aliphatic carbocycles. The standard InChI is InChI=1S/C29H35FN2O5.Na.H/c1-4-31-29(37)28-27(19-8-6-5-7-9-19)26(20-10-12-21(30)13-11-20)24(32(28)18(2)3)15-14-22(33)16-23(34)17-25(35)36;;/h5-13,18,22-23,33-34H,4,14-17H2,1-3H3,(H,31,37)(H,35,36);;/q;+1;-1/t22-,23-;;/m1../s1. The first kappa shape index (κ1) is 31.7. The summed E-state index contributed by atoms with van der Waals surface area (Å²) in [5.74, 6) is -1.74. The van der Waals surface area contributed by atoms with Crippen LogP contribution in [0.25, 0.3) is 22.3 Å². The second-order valence-electron chi connectivity index (χ2n) is 9.42. The van der Waals surface area contributed by atoms with E-state index < -0.39 is 24.6 Å². The van der Waals surface area contributed by atoms with E-state index >= 15 is 0 Å². The average Bonchev–Trinajstić information content (AvgIpc) is 3.19. The van der Waals surface area contributed by atoms with E-state index in [9.17, 15) is 24.2 Å². The van der Waals surface area contributed by atoms with Crippen LogP contribution in [0.3, 0.4) is 0 Å². The number of carboxylic acid groups (broad SMARTS) is 1. The number of hydrogen-bond donors (Lipinski definition) is 4. The van der Waals surface area contributed by atoms with Crippen LogP contribution in [0.15, 0.2) is 54.6 Å². The van der Waals surface area contributed by atoms with E-state index in [2.05, 4.69) is 5.32 Å². The summed E-state index contributed by atoms with van der Waals surface area (Å²) >= 11 is 0. The number of rotatable bonds is 12. The van der Waals surface area contributed by atoms with Crippen LogP contribution in [0.1, 0.15) is 63.7 Å². The summed E-state index contributed by atoms with van der Waals surface area (Å²) < 4.78 is 15.8. The minimum absolute atomic E-state index is 0. The topological polar surface area (TPSA) is 112 Å². The number of amides is 1. The fraction of sp³-hybridized carbons (Fsp3) is 0.379. The molecule has 0 saturated carbocycles. The number of nitrogens with one attached hydrogen (secondary N) is 1. The van der Waals surface area contributed by atoms with Crippen molar-refractivity contribution in [2.45, 2.75) is 64.7 Å². The van der Waals surface area contributed by atoms with Crippen molar-refractivity contribution < 1.29 is 60.3 Å². The zero-order chi connectivity index (χ0) is 27.1. The summed E-state index contributed by atoms with van der Waals surface area (Å²) in [4.78, 5) is 24.4. The predicted octanol–water partition coefficient (Wildman–Crippen LogP) is 1.93. The zero-order valence-corrected chi connectivity index (χ0v) is 24.4. The van der Waals surface area contributed by atoms with Crippen LogP contribution in [0.2, 0.25) is 0 Å². The molecule has 1 amide bonds. The molecule has 2 atom stereocenters. The van der Waals surface area contributed by atoms with Gasteiger partial charge in [0.25, 0.3) is 5.91 Å². The van der Waals surface area contributed by atoms with Gasteiger partial charge in [-0.05, 0) is 63.3 Å². The van der Waals surface area contributed by atoms with Gasteiger partial charge >= 0.3 is 35.5 Å². The molecule has 0 unspecified atom stereocenters. The van der Waals surface area contributed by atoms with Gasteiger partial charge in [0.2, 0.25) is 0 Å². The van der Waals surface area contributed by atoms with Gasteiger partial charge in [-0.3, -0.25) is 9.59 Å². The van der Waals surface area contributed by atoms with Crippen LogP contribution < -0.4 is 34.9 Å². The van der Waals surface area contributed by atoms with Crippen molar-refractivity contribution >= 4 is 11.9 Å². The molecule has 2 aromatic carbocycles. The quantitative estimate of drug-likeness (QED) is 0.266. The van der Waals surface area contributed by atoms with Gasteiger partial charge in [0.05, 0.1) is 18.6 Å². The number of nitrogens with zero attached hydrogens (tertiary/aromatic N) is 1. The van der Waals surface area contributed by atoms with Crippen molar-refractivity contribution in [3.8, 4) is 22.3 Å². The van der Waals surface area contributed by atoms with Crippen LogP contribution in [0.5, 0.6) is 0 Å². The molecule has 0 bridgehead atoms. The molecule has 0 spiro atoms. The van der Waals surface area contributed by atoms with E-state index in [4.69, 9.17) is 5.11 Å². The van der Waals surface area contributed by atoms with Gasteiger partial charge in [0, 0.05) is 29.4 Å². The minimum atomic E-state index is -1.16. The summed E-state index contributed by atoms with van der Waals surface area (Å²) in [6.07, 6.45) is -2.03. The van der Waals surface area contributed by atoms with E-state index in [1.165, 1.54) is 12.1 Å². The molecule has 3 aromatic rings. The van der Waals surface area contributed by atoms with E-state index in [-0.39, 0.29) is 61.6 Å². The van der Waals surface area contributed by atoms with Gasteiger partial charge < -0.3 is 26.6 Å². The number of carboxylic acids is 1. The number of aliphatic hydroxyl groups excluding tert-OH is 2. The largest absolute Gasteiger partial charge is 1.00 e. The normalized spacial score (nSPS) is 12.6. The Labute approximate surface area is 246 Å². The second-order valence-corrected chi connectivity index (χ2v) is 9.42. The van der Waals surface area contributed by atoms with Crippen LogP contribution in [-0.4, -0.2) is 50.5 Å². The van der Waals surface area contributed by atoms with Crippen LogP contribution in [0, 0.1) is 5.82 Å². The molecule has 7 nitrogen and oxygen atoms in total. The Bertz CT molecular complexity index is 1220. The average molecular weight is 535 g/mol.